The van der Waals surface area contributed by atoms with Crippen LogP contribution in [0, 0.1) is 11.3 Å². The zero-order valence-corrected chi connectivity index (χ0v) is 10.00. The Hall–Kier alpha value is -0.620. The molecule has 0 radical (unpaired) electrons. The molecule has 2 heterocycles. The summed E-state index contributed by atoms with van der Waals surface area (Å²) in [6, 6.07) is 0. The van der Waals surface area contributed by atoms with Gasteiger partial charge in [-0.05, 0) is 24.2 Å². The van der Waals surface area contributed by atoms with Gasteiger partial charge < -0.3 is 5.32 Å². The zero-order valence-electron chi connectivity index (χ0n) is 9.18. The van der Waals surface area contributed by atoms with Crippen molar-refractivity contribution >= 4 is 11.3 Å². The van der Waals surface area contributed by atoms with Crippen LogP contribution in [0.1, 0.15) is 22.7 Å². The molecule has 3 rings (SSSR count). The van der Waals surface area contributed by atoms with E-state index >= 15 is 0 Å². The predicted octanol–water partition coefficient (Wildman–Crippen LogP) is 2.70. The summed E-state index contributed by atoms with van der Waals surface area (Å²) in [6.07, 6.45) is -0.293. The van der Waals surface area contributed by atoms with Crippen LogP contribution in [0.4, 0.5) is 13.2 Å². The minimum absolute atomic E-state index is 0.481. The van der Waals surface area contributed by atoms with Gasteiger partial charge in [-0.1, -0.05) is 0 Å². The van der Waals surface area contributed by atoms with Gasteiger partial charge in [-0.3, -0.25) is 0 Å². The van der Waals surface area contributed by atoms with Crippen molar-refractivity contribution in [2.75, 3.05) is 13.1 Å². The van der Waals surface area contributed by atoms with Gasteiger partial charge in [-0.25, -0.2) is 4.98 Å². The molecule has 1 saturated heterocycles. The number of aromatic nitrogens is 1. The minimum atomic E-state index is -4.24. The fraction of sp³-hybridized carbons (Fsp3) is 0.727. The van der Waals surface area contributed by atoms with E-state index in [1.807, 2.05) is 0 Å². The third-order valence-corrected chi connectivity index (χ3v) is 4.80. The van der Waals surface area contributed by atoms with E-state index in [1.165, 1.54) is 0 Å². The van der Waals surface area contributed by atoms with Crippen molar-refractivity contribution in [1.29, 1.82) is 0 Å². The van der Waals surface area contributed by atoms with Crippen molar-refractivity contribution in [3.05, 3.63) is 16.1 Å². The molecule has 0 unspecified atom stereocenters. The first kappa shape index (κ1) is 11.5. The Balaban J connectivity index is 1.57. The normalized spacial score (nSPS) is 23.5. The van der Waals surface area contributed by atoms with Crippen LogP contribution in [-0.2, 0) is 12.6 Å². The first-order chi connectivity index (χ1) is 7.97. The summed E-state index contributed by atoms with van der Waals surface area (Å²) in [5, 5.41) is 3.88. The van der Waals surface area contributed by atoms with Crippen molar-refractivity contribution in [1.82, 2.24) is 10.3 Å². The Morgan fingerprint density at radius 2 is 2.12 bits per heavy atom. The molecule has 1 saturated carbocycles. The van der Waals surface area contributed by atoms with Gasteiger partial charge in [-0.15, -0.1) is 11.3 Å². The molecule has 2 fully saturated rings. The first-order valence-electron chi connectivity index (χ1n) is 5.70. The number of alkyl halides is 3. The van der Waals surface area contributed by atoms with Crippen LogP contribution in [-0.4, -0.2) is 18.1 Å². The molecule has 17 heavy (non-hydrogen) atoms. The molecular weight excluding hydrogens is 249 g/mol. The second-order valence-electron chi connectivity index (χ2n) is 5.20. The maximum absolute atomic E-state index is 12.4. The average Bonchev–Trinajstić information content (AvgIpc) is 2.54. The molecule has 2 nitrogen and oxygen atoms in total. The molecular formula is C11H13F3N2S. The van der Waals surface area contributed by atoms with Crippen LogP contribution < -0.4 is 5.32 Å². The molecule has 1 aromatic heterocycles. The van der Waals surface area contributed by atoms with Crippen LogP contribution >= 0.6 is 11.3 Å². The van der Waals surface area contributed by atoms with Crippen molar-refractivity contribution in [3.63, 3.8) is 0 Å². The lowest BCUT2D eigenvalue weighted by Crippen LogP contribution is -2.60. The highest BCUT2D eigenvalue weighted by Crippen LogP contribution is 2.49. The third-order valence-electron chi connectivity index (χ3n) is 3.74. The van der Waals surface area contributed by atoms with Crippen LogP contribution in [0.3, 0.4) is 0 Å². The molecule has 0 aromatic carbocycles. The topological polar surface area (TPSA) is 24.9 Å². The average molecular weight is 262 g/mol. The smallest absolute Gasteiger partial charge is 0.316 e. The SMILES string of the molecule is FC(F)(F)c1cnc(CC2CC3(CNC3)C2)s1. The number of thiazole rings is 1. The van der Waals surface area contributed by atoms with E-state index in [1.54, 1.807) is 0 Å². The van der Waals surface area contributed by atoms with E-state index in [4.69, 9.17) is 0 Å². The van der Waals surface area contributed by atoms with E-state index in [9.17, 15) is 13.2 Å². The standard InChI is InChI=1S/C11H13F3N2S/c12-11(13,14)8-4-16-9(17-8)1-7-2-10(3-7)5-15-6-10/h4,7,15H,1-3,5-6H2. The Morgan fingerprint density at radius 1 is 1.41 bits per heavy atom. The lowest BCUT2D eigenvalue weighted by Gasteiger charge is -2.54. The van der Waals surface area contributed by atoms with Gasteiger partial charge in [0.1, 0.15) is 4.88 Å². The largest absolute Gasteiger partial charge is 0.427 e. The van der Waals surface area contributed by atoms with Crippen molar-refractivity contribution in [2.45, 2.75) is 25.4 Å². The lowest BCUT2D eigenvalue weighted by atomic mass is 9.58. The summed E-state index contributed by atoms with van der Waals surface area (Å²) >= 11 is 0.791. The van der Waals surface area contributed by atoms with E-state index in [2.05, 4.69) is 10.3 Å². The van der Waals surface area contributed by atoms with E-state index in [0.717, 1.165) is 43.5 Å². The Bertz CT molecular complexity index is 415. The fourth-order valence-corrected chi connectivity index (χ4v) is 3.76. The Labute approximate surface area is 101 Å². The molecule has 1 aliphatic carbocycles. The van der Waals surface area contributed by atoms with Gasteiger partial charge in [0.2, 0.25) is 0 Å². The summed E-state index contributed by atoms with van der Waals surface area (Å²) in [5.74, 6) is 0.532. The molecule has 2 aliphatic rings. The lowest BCUT2D eigenvalue weighted by molar-refractivity contribution is -0.134. The Morgan fingerprint density at radius 3 is 2.59 bits per heavy atom. The molecule has 1 spiro atoms. The first-order valence-corrected chi connectivity index (χ1v) is 6.51. The monoisotopic (exact) mass is 262 g/mol. The van der Waals surface area contributed by atoms with Crippen LogP contribution in [0.15, 0.2) is 6.20 Å². The van der Waals surface area contributed by atoms with Gasteiger partial charge in [0, 0.05) is 19.5 Å². The third kappa shape index (κ3) is 2.08. The van der Waals surface area contributed by atoms with Crippen molar-refractivity contribution in [3.8, 4) is 0 Å². The van der Waals surface area contributed by atoms with Crippen molar-refractivity contribution < 1.29 is 13.2 Å². The summed E-state index contributed by atoms with van der Waals surface area (Å²) in [7, 11) is 0. The molecule has 1 aromatic rings. The van der Waals surface area contributed by atoms with Gasteiger partial charge in [-0.2, -0.15) is 13.2 Å². The van der Waals surface area contributed by atoms with Gasteiger partial charge >= 0.3 is 6.18 Å². The minimum Gasteiger partial charge on any atom is -0.316 e. The second kappa shape index (κ2) is 3.68. The molecule has 94 valence electrons. The zero-order chi connectivity index (χ0) is 12.1. The van der Waals surface area contributed by atoms with E-state index in [-0.39, 0.29) is 0 Å². The number of nitrogens with zero attached hydrogens (tertiary/aromatic N) is 1. The van der Waals surface area contributed by atoms with Crippen LogP contribution in [0.25, 0.3) is 0 Å². The maximum Gasteiger partial charge on any atom is 0.427 e. The highest BCUT2D eigenvalue weighted by atomic mass is 32.1. The number of nitrogens with one attached hydrogen (secondary N) is 1. The highest BCUT2D eigenvalue weighted by molar-refractivity contribution is 7.11. The van der Waals surface area contributed by atoms with Gasteiger partial charge in [0.05, 0.1) is 11.2 Å². The number of hydrogen-bond donors (Lipinski definition) is 1. The predicted molar refractivity (Wildman–Crippen MR) is 58.8 cm³/mol. The number of rotatable bonds is 2. The quantitative estimate of drug-likeness (QED) is 0.886. The molecule has 6 heteroatoms. The van der Waals surface area contributed by atoms with Crippen LogP contribution in [0.2, 0.25) is 0 Å². The number of hydrogen-bond acceptors (Lipinski definition) is 3. The summed E-state index contributed by atoms with van der Waals surface area (Å²) in [5.41, 5.74) is 0.481. The van der Waals surface area contributed by atoms with Gasteiger partial charge in [0.25, 0.3) is 0 Å². The van der Waals surface area contributed by atoms with Crippen LogP contribution in [0.5, 0.6) is 0 Å². The maximum atomic E-state index is 12.4. The highest BCUT2D eigenvalue weighted by Gasteiger charge is 2.48. The molecule has 1 aliphatic heterocycles. The summed E-state index contributed by atoms with van der Waals surface area (Å²) in [6.45, 7) is 2.16. The summed E-state index contributed by atoms with van der Waals surface area (Å²) in [4.78, 5) is 3.30. The molecule has 0 amide bonds. The molecule has 1 N–H and O–H groups in total. The second-order valence-corrected chi connectivity index (χ2v) is 6.31. The summed E-state index contributed by atoms with van der Waals surface area (Å²) < 4.78 is 37.2. The Kier molecular flexibility index (Phi) is 2.49. The van der Waals surface area contributed by atoms with Crippen molar-refractivity contribution in [2.24, 2.45) is 11.3 Å². The number of halogens is 3. The van der Waals surface area contributed by atoms with E-state index < -0.39 is 11.1 Å². The van der Waals surface area contributed by atoms with E-state index in [0.29, 0.717) is 22.8 Å². The molecule has 0 bridgehead atoms. The fourth-order valence-electron chi connectivity index (χ4n) is 2.86. The molecule has 0 atom stereocenters. The van der Waals surface area contributed by atoms with Gasteiger partial charge in [0.15, 0.2) is 0 Å².